The van der Waals surface area contributed by atoms with Crippen molar-refractivity contribution in [3.05, 3.63) is 47.5 Å². The summed E-state index contributed by atoms with van der Waals surface area (Å²) in [7, 11) is 5.26. The van der Waals surface area contributed by atoms with Crippen molar-refractivity contribution < 1.29 is 40.6 Å². The summed E-state index contributed by atoms with van der Waals surface area (Å²) in [5.41, 5.74) is -4.21. The summed E-state index contributed by atoms with van der Waals surface area (Å²) in [4.78, 5) is 3.41. The fourth-order valence-corrected chi connectivity index (χ4v) is 2.08. The fourth-order valence-electron chi connectivity index (χ4n) is 2.08. The summed E-state index contributed by atoms with van der Waals surface area (Å²) in [5.74, 6) is -11.9. The maximum absolute atomic E-state index is 13.9. The predicted molar refractivity (Wildman–Crippen MR) is 77.0 cm³/mol. The van der Waals surface area contributed by atoms with Crippen molar-refractivity contribution in [2.24, 2.45) is 0 Å². The van der Waals surface area contributed by atoms with Crippen LogP contribution in [0.3, 0.4) is 0 Å². The van der Waals surface area contributed by atoms with Crippen LogP contribution in [0, 0.1) is 5.82 Å². The Balaban J connectivity index is 2.56. The Bertz CT molecular complexity index is 802. The van der Waals surface area contributed by atoms with Gasteiger partial charge in [0.25, 0.3) is 6.43 Å². The molecule has 1 aromatic heterocycles. The van der Waals surface area contributed by atoms with Crippen LogP contribution in [-0.2, 0) is 5.92 Å². The fraction of sp³-hybridized carbons (Fsp3) is 0.267. The number of hydrogen-bond acceptors (Lipinski definition) is 3. The summed E-state index contributed by atoms with van der Waals surface area (Å²) in [6.45, 7) is -2.23. The van der Waals surface area contributed by atoms with Crippen molar-refractivity contribution in [1.82, 2.24) is 4.98 Å². The van der Waals surface area contributed by atoms with Crippen LogP contribution in [0.5, 0.6) is 11.5 Å². The van der Waals surface area contributed by atoms with Crippen molar-refractivity contribution in [3.63, 3.8) is 0 Å². The molecule has 0 saturated heterocycles. The standard InChI is InChI=1S/C15H9BF7NO2/c16-12-9(15(22,23)14(20,21)6-25)1-2-10(11(12)13(18)19)26-8-3-7(17)4-24-5-8/h1-5,13,25H,6H2. The number of benzene rings is 1. The number of aliphatic hydroxyl groups is 1. The van der Waals surface area contributed by atoms with Crippen molar-refractivity contribution in [2.45, 2.75) is 18.3 Å². The molecule has 0 aliphatic rings. The highest BCUT2D eigenvalue weighted by molar-refractivity contribution is 6.34. The first-order valence-electron chi connectivity index (χ1n) is 6.87. The third-order valence-electron chi connectivity index (χ3n) is 3.37. The van der Waals surface area contributed by atoms with Crippen LogP contribution in [0.15, 0.2) is 30.6 Å². The van der Waals surface area contributed by atoms with Crippen molar-refractivity contribution in [1.29, 1.82) is 0 Å². The number of hydrogen-bond donors (Lipinski definition) is 1. The van der Waals surface area contributed by atoms with E-state index in [2.05, 4.69) is 4.98 Å². The summed E-state index contributed by atoms with van der Waals surface area (Å²) in [5, 5.41) is 8.45. The van der Waals surface area contributed by atoms with E-state index in [1.54, 1.807) is 0 Å². The van der Waals surface area contributed by atoms with E-state index in [1.807, 2.05) is 0 Å². The van der Waals surface area contributed by atoms with Gasteiger partial charge >= 0.3 is 11.8 Å². The minimum Gasteiger partial charge on any atom is -0.455 e. The highest BCUT2D eigenvalue weighted by Gasteiger charge is 2.57. The monoisotopic (exact) mass is 379 g/mol. The summed E-state index contributed by atoms with van der Waals surface area (Å²) in [6.07, 6.45) is -1.71. The van der Waals surface area contributed by atoms with Crippen LogP contribution in [0.4, 0.5) is 30.7 Å². The number of nitrogens with zero attached hydrogens (tertiary/aromatic N) is 1. The maximum Gasteiger partial charge on any atom is 0.337 e. The smallest absolute Gasteiger partial charge is 0.337 e. The van der Waals surface area contributed by atoms with Crippen LogP contribution >= 0.6 is 0 Å². The third-order valence-corrected chi connectivity index (χ3v) is 3.37. The molecular weight excluding hydrogens is 370 g/mol. The molecule has 0 aliphatic heterocycles. The lowest BCUT2D eigenvalue weighted by Gasteiger charge is -2.28. The second-order valence-corrected chi connectivity index (χ2v) is 5.12. The molecule has 11 heteroatoms. The average molecular weight is 379 g/mol. The van der Waals surface area contributed by atoms with Gasteiger partial charge in [0.1, 0.15) is 31.8 Å². The highest BCUT2D eigenvalue weighted by atomic mass is 19.3. The second kappa shape index (κ2) is 7.14. The molecule has 1 aromatic carbocycles. The van der Waals surface area contributed by atoms with Gasteiger partial charge in [0.05, 0.1) is 18.0 Å². The van der Waals surface area contributed by atoms with Crippen LogP contribution < -0.4 is 10.2 Å². The first kappa shape index (κ1) is 20.0. The molecule has 3 nitrogen and oxygen atoms in total. The molecule has 26 heavy (non-hydrogen) atoms. The molecule has 138 valence electrons. The number of alkyl halides is 6. The van der Waals surface area contributed by atoms with E-state index in [1.165, 1.54) is 0 Å². The molecule has 0 atom stereocenters. The molecule has 0 spiro atoms. The average Bonchev–Trinajstić information content (AvgIpc) is 2.54. The van der Waals surface area contributed by atoms with E-state index in [0.717, 1.165) is 18.5 Å². The Labute approximate surface area is 143 Å². The molecule has 0 saturated carbocycles. The van der Waals surface area contributed by atoms with Crippen LogP contribution in [0.1, 0.15) is 17.6 Å². The summed E-state index contributed by atoms with van der Waals surface area (Å²) in [6, 6.07) is 1.72. The van der Waals surface area contributed by atoms with E-state index in [-0.39, 0.29) is 5.75 Å². The molecular formula is C15H9BF7NO2. The number of rotatable bonds is 6. The normalized spacial score (nSPS) is 12.5. The van der Waals surface area contributed by atoms with Gasteiger partial charge in [-0.3, -0.25) is 4.98 Å². The minimum atomic E-state index is -5.02. The quantitative estimate of drug-likeness (QED) is 0.618. The SMILES string of the molecule is [B]c1c(C(F)(F)C(F)(F)CO)ccc(Oc2cncc(F)c2)c1C(F)F. The van der Waals surface area contributed by atoms with Gasteiger partial charge < -0.3 is 9.84 Å². The zero-order valence-electron chi connectivity index (χ0n) is 12.7. The Morgan fingerprint density at radius 2 is 1.81 bits per heavy atom. The van der Waals surface area contributed by atoms with Crippen molar-refractivity contribution in [3.8, 4) is 11.5 Å². The molecule has 1 N–H and O–H groups in total. The number of halogens is 7. The maximum atomic E-state index is 13.9. The zero-order valence-corrected chi connectivity index (χ0v) is 12.7. The van der Waals surface area contributed by atoms with E-state index in [9.17, 15) is 30.7 Å². The van der Waals surface area contributed by atoms with Gasteiger partial charge in [-0.1, -0.05) is 5.46 Å². The molecule has 2 rings (SSSR count). The Morgan fingerprint density at radius 1 is 1.15 bits per heavy atom. The van der Waals surface area contributed by atoms with E-state index >= 15 is 0 Å². The largest absolute Gasteiger partial charge is 0.455 e. The van der Waals surface area contributed by atoms with Gasteiger partial charge in [-0.25, -0.2) is 13.2 Å². The van der Waals surface area contributed by atoms with Gasteiger partial charge in [-0.2, -0.15) is 17.6 Å². The Morgan fingerprint density at radius 3 is 2.35 bits per heavy atom. The van der Waals surface area contributed by atoms with Crippen LogP contribution in [-0.4, -0.2) is 30.5 Å². The predicted octanol–water partition coefficient (Wildman–Crippen LogP) is 3.46. The van der Waals surface area contributed by atoms with E-state index in [4.69, 9.17) is 17.7 Å². The topological polar surface area (TPSA) is 42.4 Å². The Hall–Kier alpha value is -2.30. The van der Waals surface area contributed by atoms with E-state index < -0.39 is 53.0 Å². The van der Waals surface area contributed by atoms with Crippen molar-refractivity contribution in [2.75, 3.05) is 6.61 Å². The van der Waals surface area contributed by atoms with Gasteiger partial charge in [0.2, 0.25) is 0 Å². The number of ether oxygens (including phenoxy) is 1. The lowest BCUT2D eigenvalue weighted by Crippen LogP contribution is -2.44. The molecule has 2 radical (unpaired) electrons. The first-order chi connectivity index (χ1) is 12.0. The van der Waals surface area contributed by atoms with Gasteiger partial charge in [0, 0.05) is 11.6 Å². The van der Waals surface area contributed by atoms with Gasteiger partial charge in [0.15, 0.2) is 0 Å². The lowest BCUT2D eigenvalue weighted by atomic mass is 9.81. The second-order valence-electron chi connectivity index (χ2n) is 5.12. The molecule has 0 amide bonds. The molecule has 0 bridgehead atoms. The van der Waals surface area contributed by atoms with Crippen LogP contribution in [0.25, 0.3) is 0 Å². The minimum absolute atomic E-state index is 0.341. The lowest BCUT2D eigenvalue weighted by molar-refractivity contribution is -0.231. The molecule has 1 heterocycles. The zero-order chi connectivity index (χ0) is 19.7. The molecule has 2 aromatic rings. The number of pyridine rings is 1. The highest BCUT2D eigenvalue weighted by Crippen LogP contribution is 2.43. The van der Waals surface area contributed by atoms with Crippen molar-refractivity contribution >= 4 is 13.3 Å². The number of aromatic nitrogens is 1. The first-order valence-corrected chi connectivity index (χ1v) is 6.87. The molecule has 0 unspecified atom stereocenters. The third kappa shape index (κ3) is 3.62. The van der Waals surface area contributed by atoms with Crippen LogP contribution in [0.2, 0.25) is 0 Å². The molecule has 0 aliphatic carbocycles. The summed E-state index contributed by atoms with van der Waals surface area (Å²) >= 11 is 0. The summed E-state index contributed by atoms with van der Waals surface area (Å²) < 4.78 is 99.0. The van der Waals surface area contributed by atoms with Gasteiger partial charge in [-0.05, 0) is 12.1 Å². The van der Waals surface area contributed by atoms with E-state index in [0.29, 0.717) is 12.1 Å². The number of aliphatic hydroxyl groups excluding tert-OH is 1. The Kier molecular flexibility index (Phi) is 5.50. The molecule has 0 fully saturated rings. The van der Waals surface area contributed by atoms with Gasteiger partial charge in [-0.15, -0.1) is 0 Å².